The van der Waals surface area contributed by atoms with Crippen molar-refractivity contribution in [2.75, 3.05) is 33.0 Å². The number of carbonyl (C=O) groups excluding carboxylic acids is 2. The van der Waals surface area contributed by atoms with Crippen LogP contribution in [0.5, 0.6) is 0 Å². The average molecular weight is 613 g/mol. The van der Waals surface area contributed by atoms with E-state index in [0.717, 1.165) is 90.3 Å². The Balaban J connectivity index is 3.30. The molecule has 6 heteroatoms. The maximum Gasteiger partial charge on any atom is 0.305 e. The highest BCUT2D eigenvalue weighted by Crippen LogP contribution is 2.11. The maximum atomic E-state index is 11.8. The molecule has 0 saturated heterocycles. The van der Waals surface area contributed by atoms with Gasteiger partial charge in [0.1, 0.15) is 0 Å². The molecule has 0 rings (SSSR count). The zero-order chi connectivity index (χ0) is 31.5. The van der Waals surface area contributed by atoms with Crippen LogP contribution in [0.1, 0.15) is 188 Å². The fourth-order valence-electron chi connectivity index (χ4n) is 5.12. The van der Waals surface area contributed by atoms with Gasteiger partial charge in [0.05, 0.1) is 25.9 Å². The van der Waals surface area contributed by atoms with Crippen LogP contribution in [-0.4, -0.2) is 51.1 Å². The molecule has 0 aliphatic rings. The Labute approximate surface area is 267 Å². The Morgan fingerprint density at radius 1 is 0.442 bits per heavy atom. The molecule has 0 aromatic heterocycles. The van der Waals surface area contributed by atoms with Crippen LogP contribution >= 0.6 is 0 Å². The number of carbonyl (C=O) groups is 2. The first-order valence-electron chi connectivity index (χ1n) is 18.6. The van der Waals surface area contributed by atoms with Crippen LogP contribution in [0, 0.1) is 0 Å². The second-order valence-electron chi connectivity index (χ2n) is 12.5. The molecule has 0 bridgehead atoms. The van der Waals surface area contributed by atoms with Crippen LogP contribution in [0.15, 0.2) is 0 Å². The molecule has 1 atom stereocenters. The van der Waals surface area contributed by atoms with E-state index in [1.165, 1.54) is 77.0 Å². The molecule has 0 saturated carbocycles. The molecule has 1 unspecified atom stereocenters. The third-order valence-electron chi connectivity index (χ3n) is 7.97. The van der Waals surface area contributed by atoms with E-state index in [0.29, 0.717) is 32.7 Å². The van der Waals surface area contributed by atoms with Crippen molar-refractivity contribution in [1.82, 2.24) is 0 Å². The normalized spacial score (nSPS) is 12.0. The molecule has 0 aromatic carbocycles. The molecular formula is C37H72O6. The van der Waals surface area contributed by atoms with Crippen molar-refractivity contribution in [1.29, 1.82) is 0 Å². The van der Waals surface area contributed by atoms with E-state index in [4.69, 9.17) is 18.9 Å². The number of ether oxygens (including phenoxy) is 4. The minimum atomic E-state index is -0.0330. The van der Waals surface area contributed by atoms with Gasteiger partial charge in [-0.25, -0.2) is 0 Å². The summed E-state index contributed by atoms with van der Waals surface area (Å²) in [5.74, 6) is -0.0659. The van der Waals surface area contributed by atoms with Crippen LogP contribution in [0.25, 0.3) is 0 Å². The molecular weight excluding hydrogens is 540 g/mol. The largest absolute Gasteiger partial charge is 0.466 e. The molecule has 0 aliphatic heterocycles. The number of esters is 2. The molecule has 0 heterocycles. The third-order valence-corrected chi connectivity index (χ3v) is 7.97. The zero-order valence-electron chi connectivity index (χ0n) is 28.9. The highest BCUT2D eigenvalue weighted by Gasteiger charge is 2.05. The summed E-state index contributed by atoms with van der Waals surface area (Å²) < 4.78 is 22.4. The van der Waals surface area contributed by atoms with Crippen LogP contribution in [0.2, 0.25) is 0 Å². The van der Waals surface area contributed by atoms with E-state index in [9.17, 15) is 9.59 Å². The molecule has 0 fully saturated rings. The van der Waals surface area contributed by atoms with Crippen LogP contribution in [-0.2, 0) is 28.5 Å². The zero-order valence-corrected chi connectivity index (χ0v) is 28.9. The van der Waals surface area contributed by atoms with Crippen molar-refractivity contribution in [2.24, 2.45) is 0 Å². The van der Waals surface area contributed by atoms with E-state index < -0.39 is 0 Å². The Bertz CT molecular complexity index is 581. The highest BCUT2D eigenvalue weighted by atomic mass is 16.5. The summed E-state index contributed by atoms with van der Waals surface area (Å²) >= 11 is 0. The third kappa shape index (κ3) is 35.2. The summed E-state index contributed by atoms with van der Waals surface area (Å²) in [5.41, 5.74) is 0. The Morgan fingerprint density at radius 2 is 0.791 bits per heavy atom. The molecule has 256 valence electrons. The SMILES string of the molecule is CCCCCCCCCOC(=O)CCCCCCCOCC(C)OCCCCCCCC(=O)OCCCCCCCCC. The Hall–Kier alpha value is -1.14. The van der Waals surface area contributed by atoms with Crippen molar-refractivity contribution >= 4 is 11.9 Å². The van der Waals surface area contributed by atoms with Crippen molar-refractivity contribution < 1.29 is 28.5 Å². The lowest BCUT2D eigenvalue weighted by Gasteiger charge is -2.13. The highest BCUT2D eigenvalue weighted by molar-refractivity contribution is 5.69. The van der Waals surface area contributed by atoms with Crippen molar-refractivity contribution in [3.8, 4) is 0 Å². The summed E-state index contributed by atoms with van der Waals surface area (Å²) in [6, 6.07) is 0. The monoisotopic (exact) mass is 613 g/mol. The Morgan fingerprint density at radius 3 is 1.23 bits per heavy atom. The fourth-order valence-corrected chi connectivity index (χ4v) is 5.12. The lowest BCUT2D eigenvalue weighted by atomic mass is 10.1. The summed E-state index contributed by atoms with van der Waals surface area (Å²) in [4.78, 5) is 23.7. The van der Waals surface area contributed by atoms with Gasteiger partial charge in [0, 0.05) is 26.1 Å². The van der Waals surface area contributed by atoms with E-state index >= 15 is 0 Å². The summed E-state index contributed by atoms with van der Waals surface area (Å²) in [6.45, 7) is 9.91. The first kappa shape index (κ1) is 41.9. The summed E-state index contributed by atoms with van der Waals surface area (Å²) in [6.07, 6.45) is 29.3. The number of hydrogen-bond donors (Lipinski definition) is 0. The van der Waals surface area contributed by atoms with Gasteiger partial charge in [-0.3, -0.25) is 9.59 Å². The lowest BCUT2D eigenvalue weighted by Crippen LogP contribution is -2.17. The van der Waals surface area contributed by atoms with E-state index in [1.807, 2.05) is 0 Å². The molecule has 0 aromatic rings. The molecule has 0 amide bonds. The molecule has 0 spiro atoms. The van der Waals surface area contributed by atoms with Gasteiger partial charge in [0.2, 0.25) is 0 Å². The van der Waals surface area contributed by atoms with Gasteiger partial charge in [-0.05, 0) is 45.4 Å². The van der Waals surface area contributed by atoms with Crippen molar-refractivity contribution in [2.45, 2.75) is 194 Å². The Kier molecular flexibility index (Phi) is 34.4. The standard InChI is InChI=1S/C37H72O6/c1-4-6-8-10-12-19-26-32-42-36(38)28-22-16-14-18-24-30-40-34-35(3)41-31-25-21-15-17-23-29-37(39)43-33-27-20-13-11-9-7-5-2/h35H,4-34H2,1-3H3. The molecule has 0 radical (unpaired) electrons. The minimum Gasteiger partial charge on any atom is -0.466 e. The van der Waals surface area contributed by atoms with E-state index in [1.54, 1.807) is 0 Å². The van der Waals surface area contributed by atoms with Gasteiger partial charge in [-0.2, -0.15) is 0 Å². The predicted molar refractivity (Wildman–Crippen MR) is 180 cm³/mol. The first-order chi connectivity index (χ1) is 21.1. The summed E-state index contributed by atoms with van der Waals surface area (Å²) in [5, 5.41) is 0. The maximum absolute atomic E-state index is 11.8. The molecule has 0 aliphatic carbocycles. The van der Waals surface area contributed by atoms with Gasteiger partial charge in [-0.1, -0.05) is 129 Å². The van der Waals surface area contributed by atoms with Crippen LogP contribution in [0.3, 0.4) is 0 Å². The summed E-state index contributed by atoms with van der Waals surface area (Å²) in [7, 11) is 0. The van der Waals surface area contributed by atoms with E-state index in [-0.39, 0.29) is 18.0 Å². The van der Waals surface area contributed by atoms with Crippen LogP contribution in [0.4, 0.5) is 0 Å². The molecule has 6 nitrogen and oxygen atoms in total. The van der Waals surface area contributed by atoms with Gasteiger partial charge < -0.3 is 18.9 Å². The van der Waals surface area contributed by atoms with Gasteiger partial charge in [-0.15, -0.1) is 0 Å². The minimum absolute atomic E-state index is 0.0329. The average Bonchev–Trinajstić information content (AvgIpc) is 3.00. The van der Waals surface area contributed by atoms with Gasteiger partial charge in [0.15, 0.2) is 0 Å². The topological polar surface area (TPSA) is 71.1 Å². The smallest absolute Gasteiger partial charge is 0.305 e. The second kappa shape index (κ2) is 35.3. The second-order valence-corrected chi connectivity index (χ2v) is 12.5. The molecule has 43 heavy (non-hydrogen) atoms. The van der Waals surface area contributed by atoms with Gasteiger partial charge >= 0.3 is 11.9 Å². The van der Waals surface area contributed by atoms with Gasteiger partial charge in [0.25, 0.3) is 0 Å². The molecule has 0 N–H and O–H groups in total. The number of hydrogen-bond acceptors (Lipinski definition) is 6. The number of unbranched alkanes of at least 4 members (excludes halogenated alkanes) is 20. The fraction of sp³-hybridized carbons (Fsp3) is 0.946. The predicted octanol–water partition coefficient (Wildman–Crippen LogP) is 10.7. The quantitative estimate of drug-likeness (QED) is 0.0524. The number of rotatable bonds is 35. The van der Waals surface area contributed by atoms with E-state index in [2.05, 4.69) is 20.8 Å². The lowest BCUT2D eigenvalue weighted by molar-refractivity contribution is -0.144. The van der Waals surface area contributed by atoms with Crippen LogP contribution < -0.4 is 0 Å². The first-order valence-corrected chi connectivity index (χ1v) is 18.6. The van der Waals surface area contributed by atoms with Crippen molar-refractivity contribution in [3.05, 3.63) is 0 Å². The van der Waals surface area contributed by atoms with Crippen molar-refractivity contribution in [3.63, 3.8) is 0 Å².